The van der Waals surface area contributed by atoms with E-state index in [1.165, 1.54) is 19.3 Å². The van der Waals surface area contributed by atoms with Crippen molar-refractivity contribution in [1.29, 1.82) is 5.26 Å². The van der Waals surface area contributed by atoms with Gasteiger partial charge in [-0.2, -0.15) is 5.26 Å². The predicted molar refractivity (Wildman–Crippen MR) is 126 cm³/mol. The topological polar surface area (TPSA) is 110 Å². The summed E-state index contributed by atoms with van der Waals surface area (Å²) in [5.74, 6) is -0.308. The minimum absolute atomic E-state index is 0.147. The van der Waals surface area contributed by atoms with E-state index < -0.39 is 5.97 Å². The molecule has 7 nitrogen and oxygen atoms in total. The number of hydrogen-bond acceptors (Lipinski definition) is 4. The molecule has 2 aromatic rings. The molecule has 0 spiro atoms. The highest BCUT2D eigenvalue weighted by Gasteiger charge is 2.15. The van der Waals surface area contributed by atoms with Gasteiger partial charge in [-0.05, 0) is 55.0 Å². The zero-order valence-electron chi connectivity index (χ0n) is 18.1. The van der Waals surface area contributed by atoms with E-state index in [9.17, 15) is 4.79 Å². The highest BCUT2D eigenvalue weighted by atomic mass is 16.4. The number of hydrogen-bond donors (Lipinski definition) is 3. The first-order valence-corrected chi connectivity index (χ1v) is 11.1. The van der Waals surface area contributed by atoms with Crippen LogP contribution in [0, 0.1) is 11.5 Å². The lowest BCUT2D eigenvalue weighted by Crippen LogP contribution is -2.40. The molecule has 0 radical (unpaired) electrons. The van der Waals surface area contributed by atoms with Crippen LogP contribution in [0.3, 0.4) is 0 Å². The molecule has 3 N–H and O–H groups in total. The summed E-state index contributed by atoms with van der Waals surface area (Å²) in [4.78, 5) is 18.9. The largest absolute Gasteiger partial charge is 0.481 e. The Morgan fingerprint density at radius 2 is 1.97 bits per heavy atom. The number of guanidine groups is 1. The smallest absolute Gasteiger partial charge is 0.303 e. The van der Waals surface area contributed by atoms with Gasteiger partial charge in [-0.15, -0.1) is 4.99 Å². The Kier molecular flexibility index (Phi) is 8.81. The first-order chi connectivity index (χ1) is 15.7. The second-order valence-electron chi connectivity index (χ2n) is 7.89. The van der Waals surface area contributed by atoms with Crippen molar-refractivity contribution in [2.24, 2.45) is 4.99 Å². The number of pyridine rings is 1. The van der Waals surface area contributed by atoms with Crippen molar-refractivity contribution in [2.75, 3.05) is 5.32 Å². The number of carboxylic acids is 1. The molecule has 1 heterocycles. The standard InChI is InChI=1S/C25H29N5O2/c26-18-28-25(29-21-8-2-1-3-9-21)30-22-14-12-19(13-15-22)23(10-4-5-11-24(31)32)20-7-6-16-27-17-20/h6-7,10,12-17,21H,1-5,8-9,11H2,(H,31,32)(H2,28,29,30)/b23-10+. The summed E-state index contributed by atoms with van der Waals surface area (Å²) in [6.07, 6.45) is 14.7. The third-order valence-electron chi connectivity index (χ3n) is 5.48. The zero-order valence-corrected chi connectivity index (χ0v) is 18.1. The molecule has 0 bridgehead atoms. The zero-order chi connectivity index (χ0) is 22.6. The fraction of sp³-hybridized carbons (Fsp3) is 0.360. The molecular formula is C25H29N5O2. The van der Waals surface area contributed by atoms with E-state index in [4.69, 9.17) is 10.4 Å². The molecule has 1 saturated carbocycles. The minimum Gasteiger partial charge on any atom is -0.481 e. The van der Waals surface area contributed by atoms with E-state index in [2.05, 4.69) is 26.7 Å². The van der Waals surface area contributed by atoms with Gasteiger partial charge < -0.3 is 15.7 Å². The Balaban J connectivity index is 1.72. The molecular weight excluding hydrogens is 402 g/mol. The molecule has 0 aliphatic heterocycles. The van der Waals surface area contributed by atoms with Gasteiger partial charge in [0.2, 0.25) is 12.2 Å². The minimum atomic E-state index is -0.784. The fourth-order valence-corrected chi connectivity index (χ4v) is 3.88. The molecule has 1 fully saturated rings. The normalized spacial score (nSPS) is 15.1. The van der Waals surface area contributed by atoms with Crippen molar-refractivity contribution in [2.45, 2.75) is 57.4 Å². The molecule has 0 atom stereocenters. The van der Waals surface area contributed by atoms with Gasteiger partial charge in [0.25, 0.3) is 0 Å². The first kappa shape index (κ1) is 23.0. The quantitative estimate of drug-likeness (QED) is 0.236. The number of aromatic nitrogens is 1. The second kappa shape index (κ2) is 12.3. The van der Waals surface area contributed by atoms with Crippen LogP contribution < -0.4 is 10.6 Å². The number of carboxylic acid groups (broad SMARTS) is 1. The molecule has 3 rings (SSSR count). The second-order valence-corrected chi connectivity index (χ2v) is 7.89. The van der Waals surface area contributed by atoms with E-state index in [0.717, 1.165) is 35.2 Å². The highest BCUT2D eigenvalue weighted by Crippen LogP contribution is 2.25. The third kappa shape index (κ3) is 7.24. The number of benzene rings is 1. The lowest BCUT2D eigenvalue weighted by atomic mass is 9.96. The summed E-state index contributed by atoms with van der Waals surface area (Å²) in [5.41, 5.74) is 3.84. The summed E-state index contributed by atoms with van der Waals surface area (Å²) in [5, 5.41) is 24.5. The first-order valence-electron chi connectivity index (χ1n) is 11.1. The lowest BCUT2D eigenvalue weighted by molar-refractivity contribution is -0.137. The van der Waals surface area contributed by atoms with Crippen molar-refractivity contribution >= 4 is 23.2 Å². The van der Waals surface area contributed by atoms with Crippen LogP contribution in [0.5, 0.6) is 0 Å². The maximum absolute atomic E-state index is 10.8. The molecule has 7 heteroatoms. The SMILES string of the molecule is N#C/N=C(\Nc1ccc(/C(=C\CCCC(=O)O)c2cccnc2)cc1)NC1CCCCC1. The third-order valence-corrected chi connectivity index (χ3v) is 5.48. The van der Waals surface area contributed by atoms with Gasteiger partial charge in [0.1, 0.15) is 0 Å². The molecule has 1 aromatic heterocycles. The van der Waals surface area contributed by atoms with Crippen LogP contribution in [-0.4, -0.2) is 28.1 Å². The molecule has 1 aliphatic carbocycles. The number of anilines is 1. The summed E-state index contributed by atoms with van der Waals surface area (Å²) in [7, 11) is 0. The van der Waals surface area contributed by atoms with Crippen LogP contribution in [0.2, 0.25) is 0 Å². The van der Waals surface area contributed by atoms with Gasteiger partial charge in [-0.25, -0.2) is 0 Å². The Morgan fingerprint density at radius 3 is 2.62 bits per heavy atom. The van der Waals surface area contributed by atoms with Gasteiger partial charge in [-0.3, -0.25) is 9.78 Å². The van der Waals surface area contributed by atoms with Gasteiger partial charge >= 0.3 is 5.97 Å². The molecule has 32 heavy (non-hydrogen) atoms. The molecule has 1 aliphatic rings. The number of nitrogens with zero attached hydrogens (tertiary/aromatic N) is 3. The number of carbonyl (C=O) groups is 1. The summed E-state index contributed by atoms with van der Waals surface area (Å²) < 4.78 is 0. The maximum atomic E-state index is 10.8. The van der Waals surface area contributed by atoms with E-state index in [1.54, 1.807) is 12.4 Å². The van der Waals surface area contributed by atoms with E-state index >= 15 is 0 Å². The summed E-state index contributed by atoms with van der Waals surface area (Å²) in [6.45, 7) is 0. The van der Waals surface area contributed by atoms with E-state index in [-0.39, 0.29) is 6.42 Å². The summed E-state index contributed by atoms with van der Waals surface area (Å²) in [6, 6.07) is 12.1. The van der Waals surface area contributed by atoms with Crippen LogP contribution in [0.1, 0.15) is 62.5 Å². The number of nitrogens with one attached hydrogen (secondary N) is 2. The monoisotopic (exact) mass is 431 g/mol. The molecule has 0 amide bonds. The Morgan fingerprint density at radius 1 is 1.19 bits per heavy atom. The van der Waals surface area contributed by atoms with Crippen LogP contribution >= 0.6 is 0 Å². The number of aliphatic carboxylic acids is 1. The average molecular weight is 432 g/mol. The van der Waals surface area contributed by atoms with Crippen molar-refractivity contribution < 1.29 is 9.90 Å². The molecule has 0 unspecified atom stereocenters. The number of aliphatic imine (C=N–C) groups is 1. The average Bonchev–Trinajstić information content (AvgIpc) is 2.81. The molecule has 166 valence electrons. The maximum Gasteiger partial charge on any atom is 0.303 e. The number of unbranched alkanes of at least 4 members (excludes halogenated alkanes) is 1. The Hall–Kier alpha value is -3.66. The van der Waals surface area contributed by atoms with Crippen LogP contribution in [0.15, 0.2) is 59.9 Å². The molecule has 0 saturated heterocycles. The molecule has 1 aromatic carbocycles. The van der Waals surface area contributed by atoms with Crippen LogP contribution in [0.4, 0.5) is 5.69 Å². The van der Waals surface area contributed by atoms with Gasteiger partial charge in [0.05, 0.1) is 0 Å². The van der Waals surface area contributed by atoms with Crippen LogP contribution in [-0.2, 0) is 4.79 Å². The van der Waals surface area contributed by atoms with Gasteiger partial charge in [-0.1, -0.05) is 43.5 Å². The van der Waals surface area contributed by atoms with Crippen molar-refractivity contribution in [1.82, 2.24) is 10.3 Å². The number of rotatable bonds is 8. The van der Waals surface area contributed by atoms with Crippen molar-refractivity contribution in [3.8, 4) is 6.19 Å². The van der Waals surface area contributed by atoms with Gasteiger partial charge in [0, 0.05) is 36.1 Å². The summed E-state index contributed by atoms with van der Waals surface area (Å²) >= 11 is 0. The fourth-order valence-electron chi connectivity index (χ4n) is 3.88. The number of nitriles is 1. The van der Waals surface area contributed by atoms with Crippen molar-refractivity contribution in [3.05, 3.63) is 66.0 Å². The Labute approximate surface area is 188 Å². The van der Waals surface area contributed by atoms with Crippen LogP contribution in [0.25, 0.3) is 5.57 Å². The van der Waals surface area contributed by atoms with Gasteiger partial charge in [0.15, 0.2) is 0 Å². The predicted octanol–water partition coefficient (Wildman–Crippen LogP) is 4.94. The number of allylic oxidation sites excluding steroid dienone is 1. The van der Waals surface area contributed by atoms with E-state index in [1.807, 2.05) is 42.6 Å². The highest BCUT2D eigenvalue weighted by molar-refractivity contribution is 5.94. The van der Waals surface area contributed by atoms with Crippen molar-refractivity contribution in [3.63, 3.8) is 0 Å². The Bertz CT molecular complexity index is 972. The van der Waals surface area contributed by atoms with E-state index in [0.29, 0.717) is 24.8 Å². The lowest BCUT2D eigenvalue weighted by Gasteiger charge is -2.24.